The monoisotopic (exact) mass is 483 g/mol. The molecule has 1 fully saturated rings. The number of unbranched alkanes of at least 4 members (excludes halogenated alkanes) is 8. The molecule has 1 rings (SSSR count). The zero-order valence-electron chi connectivity index (χ0n) is 21.8. The zero-order valence-corrected chi connectivity index (χ0v) is 21.8. The van der Waals surface area contributed by atoms with E-state index in [-0.39, 0.29) is 11.9 Å². The normalized spacial score (nSPS) is 14.0. The number of piperazine rings is 1. The summed E-state index contributed by atoms with van der Waals surface area (Å²) in [4.78, 5) is 41.1. The summed E-state index contributed by atoms with van der Waals surface area (Å²) < 4.78 is 5.31. The summed E-state index contributed by atoms with van der Waals surface area (Å²) >= 11 is 0. The molecule has 1 saturated heterocycles. The first-order chi connectivity index (χ1) is 16.5. The summed E-state index contributed by atoms with van der Waals surface area (Å²) in [5.74, 6) is -0.0377. The van der Waals surface area contributed by atoms with Crippen LogP contribution in [0.4, 0.5) is 4.79 Å². The Balaban J connectivity index is 2.36. The van der Waals surface area contributed by atoms with Gasteiger partial charge in [0.15, 0.2) is 0 Å². The molecule has 0 aromatic heterocycles. The van der Waals surface area contributed by atoms with Crippen LogP contribution in [-0.2, 0) is 14.3 Å². The number of carbonyl (C=O) groups excluding carboxylic acids is 2. The van der Waals surface area contributed by atoms with Gasteiger partial charge in [0.1, 0.15) is 0 Å². The third kappa shape index (κ3) is 14.4. The summed E-state index contributed by atoms with van der Waals surface area (Å²) in [5.41, 5.74) is 0. The molecule has 0 aromatic rings. The zero-order chi connectivity index (χ0) is 25.0. The first kappa shape index (κ1) is 30.2. The van der Waals surface area contributed by atoms with Crippen molar-refractivity contribution in [3.8, 4) is 0 Å². The highest BCUT2D eigenvalue weighted by Crippen LogP contribution is 2.10. The molecule has 0 bridgehead atoms. The van der Waals surface area contributed by atoms with E-state index < -0.39 is 6.09 Å². The Labute approximate surface area is 207 Å². The Morgan fingerprint density at radius 3 is 1.91 bits per heavy atom. The minimum Gasteiger partial charge on any atom is -0.466 e. The lowest BCUT2D eigenvalue weighted by molar-refractivity contribution is -0.144. The topological polar surface area (TPSA) is 90.4 Å². The molecule has 8 nitrogen and oxygen atoms in total. The fourth-order valence-electron chi connectivity index (χ4n) is 4.24. The lowest BCUT2D eigenvalue weighted by Crippen LogP contribution is -2.50. The standard InChI is InChI=1S/C26H49N3O5/c1-3-5-7-8-9-10-11-16-27(17-13-14-25(31)34-23-12-6-4-2)18-15-24(30)28-19-21-29(22-20-28)26(32)33/h3-23H2,1-2H3,(H,32,33). The molecular formula is C26H49N3O5. The molecule has 0 spiro atoms. The average Bonchev–Trinajstić information content (AvgIpc) is 2.84. The van der Waals surface area contributed by atoms with Crippen LogP contribution >= 0.6 is 0 Å². The van der Waals surface area contributed by atoms with Crippen LogP contribution in [-0.4, -0.2) is 90.2 Å². The van der Waals surface area contributed by atoms with Crippen molar-refractivity contribution in [2.45, 2.75) is 97.3 Å². The van der Waals surface area contributed by atoms with E-state index in [1.807, 2.05) is 0 Å². The Morgan fingerprint density at radius 1 is 0.706 bits per heavy atom. The number of hydrogen-bond donors (Lipinski definition) is 1. The van der Waals surface area contributed by atoms with Crippen molar-refractivity contribution in [3.63, 3.8) is 0 Å². The predicted octanol–water partition coefficient (Wildman–Crippen LogP) is 4.76. The molecule has 34 heavy (non-hydrogen) atoms. The maximum Gasteiger partial charge on any atom is 0.407 e. The Bertz CT molecular complexity index is 565. The second-order valence-electron chi connectivity index (χ2n) is 9.39. The third-order valence-electron chi connectivity index (χ3n) is 6.49. The molecule has 1 aliphatic rings. The van der Waals surface area contributed by atoms with Crippen LogP contribution in [0.5, 0.6) is 0 Å². The van der Waals surface area contributed by atoms with Crippen LogP contribution in [0.15, 0.2) is 0 Å². The van der Waals surface area contributed by atoms with Gasteiger partial charge in [-0.15, -0.1) is 0 Å². The largest absolute Gasteiger partial charge is 0.466 e. The number of carboxylic acid groups (broad SMARTS) is 1. The van der Waals surface area contributed by atoms with E-state index in [1.165, 1.54) is 43.4 Å². The fourth-order valence-corrected chi connectivity index (χ4v) is 4.24. The van der Waals surface area contributed by atoms with Crippen molar-refractivity contribution >= 4 is 18.0 Å². The van der Waals surface area contributed by atoms with Gasteiger partial charge in [0.25, 0.3) is 0 Å². The number of nitrogens with zero attached hydrogens (tertiary/aromatic N) is 3. The molecule has 1 aliphatic heterocycles. The summed E-state index contributed by atoms with van der Waals surface area (Å²) in [5, 5.41) is 9.08. The van der Waals surface area contributed by atoms with E-state index in [1.54, 1.807) is 4.90 Å². The van der Waals surface area contributed by atoms with Gasteiger partial charge in [0, 0.05) is 45.6 Å². The van der Waals surface area contributed by atoms with Gasteiger partial charge >= 0.3 is 12.1 Å². The predicted molar refractivity (Wildman–Crippen MR) is 135 cm³/mol. The van der Waals surface area contributed by atoms with Gasteiger partial charge in [-0.2, -0.15) is 0 Å². The molecule has 0 aromatic carbocycles. The van der Waals surface area contributed by atoms with Crippen LogP contribution in [0.2, 0.25) is 0 Å². The Morgan fingerprint density at radius 2 is 1.26 bits per heavy atom. The highest BCUT2D eigenvalue weighted by atomic mass is 16.5. The van der Waals surface area contributed by atoms with Crippen LogP contribution < -0.4 is 0 Å². The minimum absolute atomic E-state index is 0.0879. The highest BCUT2D eigenvalue weighted by Gasteiger charge is 2.23. The maximum atomic E-state index is 12.7. The van der Waals surface area contributed by atoms with E-state index in [2.05, 4.69) is 18.7 Å². The molecule has 198 valence electrons. The van der Waals surface area contributed by atoms with Gasteiger partial charge in [-0.25, -0.2) is 4.79 Å². The molecule has 0 unspecified atom stereocenters. The van der Waals surface area contributed by atoms with Gasteiger partial charge in [-0.05, 0) is 32.4 Å². The minimum atomic E-state index is -0.920. The number of esters is 1. The summed E-state index contributed by atoms with van der Waals surface area (Å²) in [7, 11) is 0. The van der Waals surface area contributed by atoms with Crippen molar-refractivity contribution in [3.05, 3.63) is 0 Å². The number of rotatable bonds is 19. The lowest BCUT2D eigenvalue weighted by Gasteiger charge is -2.33. The Kier molecular flexibility index (Phi) is 17.3. The number of ether oxygens (including phenoxy) is 1. The summed E-state index contributed by atoms with van der Waals surface area (Å²) in [6.07, 6.45) is 12.5. The molecule has 2 amide bonds. The van der Waals surface area contributed by atoms with Gasteiger partial charge in [-0.1, -0.05) is 65.2 Å². The van der Waals surface area contributed by atoms with Crippen LogP contribution in [0.25, 0.3) is 0 Å². The second-order valence-corrected chi connectivity index (χ2v) is 9.39. The first-order valence-corrected chi connectivity index (χ1v) is 13.6. The van der Waals surface area contributed by atoms with E-state index in [9.17, 15) is 14.4 Å². The summed E-state index contributed by atoms with van der Waals surface area (Å²) in [6, 6.07) is 0. The van der Waals surface area contributed by atoms with Crippen molar-refractivity contribution in [2.24, 2.45) is 0 Å². The first-order valence-electron chi connectivity index (χ1n) is 13.6. The van der Waals surface area contributed by atoms with Crippen molar-refractivity contribution in [2.75, 3.05) is 52.4 Å². The molecule has 8 heteroatoms. The van der Waals surface area contributed by atoms with Gasteiger partial charge < -0.3 is 24.5 Å². The van der Waals surface area contributed by atoms with E-state index >= 15 is 0 Å². The van der Waals surface area contributed by atoms with E-state index in [4.69, 9.17) is 9.84 Å². The highest BCUT2D eigenvalue weighted by molar-refractivity contribution is 5.77. The fraction of sp³-hybridized carbons (Fsp3) is 0.885. The van der Waals surface area contributed by atoms with Gasteiger partial charge in [0.05, 0.1) is 6.61 Å². The third-order valence-corrected chi connectivity index (χ3v) is 6.49. The van der Waals surface area contributed by atoms with Crippen LogP contribution in [0.1, 0.15) is 97.3 Å². The van der Waals surface area contributed by atoms with Crippen molar-refractivity contribution < 1.29 is 24.2 Å². The molecule has 0 radical (unpaired) electrons. The number of amides is 2. The molecule has 0 saturated carbocycles. The smallest absolute Gasteiger partial charge is 0.407 e. The number of hydrogen-bond acceptors (Lipinski definition) is 5. The quantitative estimate of drug-likeness (QED) is 0.210. The number of carbonyl (C=O) groups is 3. The van der Waals surface area contributed by atoms with E-state index in [0.29, 0.717) is 52.2 Å². The summed E-state index contributed by atoms with van der Waals surface area (Å²) in [6.45, 7) is 8.97. The molecule has 1 N–H and O–H groups in total. The van der Waals surface area contributed by atoms with Gasteiger partial charge in [0.2, 0.25) is 5.91 Å². The van der Waals surface area contributed by atoms with E-state index in [0.717, 1.165) is 45.2 Å². The lowest BCUT2D eigenvalue weighted by atomic mass is 10.1. The SMILES string of the molecule is CCCCCCCCCN(CCCC(=O)OCCCCC)CCC(=O)N1CCN(C(=O)O)CC1. The maximum absolute atomic E-state index is 12.7. The second kappa shape index (κ2) is 19.5. The molecule has 0 aliphatic carbocycles. The van der Waals surface area contributed by atoms with Crippen molar-refractivity contribution in [1.82, 2.24) is 14.7 Å². The van der Waals surface area contributed by atoms with Crippen LogP contribution in [0, 0.1) is 0 Å². The average molecular weight is 484 g/mol. The Hall–Kier alpha value is -1.83. The molecular weight excluding hydrogens is 434 g/mol. The van der Waals surface area contributed by atoms with Gasteiger partial charge in [-0.3, -0.25) is 9.59 Å². The van der Waals surface area contributed by atoms with Crippen molar-refractivity contribution in [1.29, 1.82) is 0 Å². The molecule has 0 atom stereocenters. The van der Waals surface area contributed by atoms with Crippen LogP contribution in [0.3, 0.4) is 0 Å². The molecule has 1 heterocycles.